The second kappa shape index (κ2) is 27.3. The molecule has 2 aliphatic rings. The van der Waals surface area contributed by atoms with Crippen LogP contribution in [0, 0.1) is 0 Å². The third-order valence-electron chi connectivity index (χ3n) is 12.8. The minimum atomic E-state index is -1.73. The van der Waals surface area contributed by atoms with E-state index in [0.717, 1.165) is 16.7 Å². The van der Waals surface area contributed by atoms with Crippen LogP contribution in [0.15, 0.2) is 212 Å². The van der Waals surface area contributed by atoms with Gasteiger partial charge < -0.3 is 52.1 Å². The molecular formula is C62H58O15. The SMILES string of the molecule is CO[C@H]1O[C@H](COCc2ccccc2)[C@@H](O[C@H]2O[C@H](COC(=O)c3ccccc3)[C@@H](OC(=O)c3ccccc3)[C@H](OC(=O)c3ccccc3)[C@@H]2OC(=O)c2ccccc2)[C@H](OCc2ccccc2)[C@H]1OCc1ccccc1. The molecule has 0 unspecified atom stereocenters. The van der Waals surface area contributed by atoms with Gasteiger partial charge in [0.25, 0.3) is 0 Å². The van der Waals surface area contributed by atoms with Crippen LogP contribution in [0.2, 0.25) is 0 Å². The van der Waals surface area contributed by atoms with Crippen molar-refractivity contribution in [3.63, 3.8) is 0 Å². The first-order chi connectivity index (χ1) is 37.8. The fraction of sp³-hybridized carbons (Fsp3) is 0.258. The van der Waals surface area contributed by atoms with E-state index in [-0.39, 0.29) is 48.7 Å². The van der Waals surface area contributed by atoms with Crippen LogP contribution in [-0.4, -0.2) is 106 Å². The predicted octanol–water partition coefficient (Wildman–Crippen LogP) is 9.39. The number of ether oxygens (including phenoxy) is 11. The third kappa shape index (κ3) is 14.5. The van der Waals surface area contributed by atoms with Crippen molar-refractivity contribution in [3.05, 3.63) is 251 Å². The van der Waals surface area contributed by atoms with Gasteiger partial charge in [0.15, 0.2) is 30.9 Å². The van der Waals surface area contributed by atoms with Crippen LogP contribution in [0.3, 0.4) is 0 Å². The average Bonchev–Trinajstić information content (AvgIpc) is 3.49. The van der Waals surface area contributed by atoms with Gasteiger partial charge in [-0.05, 0) is 65.2 Å². The Morgan fingerprint density at radius 1 is 0.364 bits per heavy atom. The van der Waals surface area contributed by atoms with Crippen molar-refractivity contribution in [1.29, 1.82) is 0 Å². The van der Waals surface area contributed by atoms with Crippen LogP contribution >= 0.6 is 0 Å². The fourth-order valence-corrected chi connectivity index (χ4v) is 8.92. The van der Waals surface area contributed by atoms with Crippen LogP contribution in [-0.2, 0) is 71.9 Å². The second-order valence-corrected chi connectivity index (χ2v) is 18.1. The van der Waals surface area contributed by atoms with E-state index in [1.807, 2.05) is 91.0 Å². The number of carbonyl (C=O) groups is 4. The molecule has 396 valence electrons. The monoisotopic (exact) mass is 1040 g/mol. The molecule has 0 aromatic heterocycles. The van der Waals surface area contributed by atoms with Gasteiger partial charge in [0.05, 0.1) is 48.7 Å². The number of esters is 4. The molecule has 7 aromatic rings. The summed E-state index contributed by atoms with van der Waals surface area (Å²) in [6.45, 7) is -0.312. The number of methoxy groups -OCH3 is 1. The molecule has 2 aliphatic heterocycles. The summed E-state index contributed by atoms with van der Waals surface area (Å²) < 4.78 is 71.9. The molecule has 15 heteroatoms. The highest BCUT2D eigenvalue weighted by molar-refractivity contribution is 5.91. The molecular weight excluding hydrogens is 985 g/mol. The van der Waals surface area contributed by atoms with E-state index < -0.39 is 91.9 Å². The molecule has 0 radical (unpaired) electrons. The summed E-state index contributed by atoms with van der Waals surface area (Å²) in [5.41, 5.74) is 3.18. The highest BCUT2D eigenvalue weighted by Gasteiger charge is 2.57. The highest BCUT2D eigenvalue weighted by Crippen LogP contribution is 2.37. The van der Waals surface area contributed by atoms with Crippen molar-refractivity contribution in [2.24, 2.45) is 0 Å². The zero-order chi connectivity index (χ0) is 53.2. The van der Waals surface area contributed by atoms with Gasteiger partial charge >= 0.3 is 23.9 Å². The molecule has 0 spiro atoms. The quantitative estimate of drug-likeness (QED) is 0.0464. The van der Waals surface area contributed by atoms with Crippen molar-refractivity contribution in [1.82, 2.24) is 0 Å². The molecule has 10 atom stereocenters. The first-order valence-electron chi connectivity index (χ1n) is 25.2. The highest BCUT2D eigenvalue weighted by atomic mass is 16.8. The Hall–Kier alpha value is -7.86. The lowest BCUT2D eigenvalue weighted by molar-refractivity contribution is -0.365. The van der Waals surface area contributed by atoms with Crippen molar-refractivity contribution in [2.45, 2.75) is 81.2 Å². The van der Waals surface area contributed by atoms with Gasteiger partial charge in [-0.3, -0.25) is 0 Å². The summed E-state index contributed by atoms with van der Waals surface area (Å²) in [4.78, 5) is 57.0. The largest absolute Gasteiger partial charge is 0.459 e. The molecule has 0 saturated carbocycles. The first kappa shape index (κ1) is 53.9. The van der Waals surface area contributed by atoms with Crippen LogP contribution in [0.5, 0.6) is 0 Å². The number of carbonyl (C=O) groups excluding carboxylic acids is 4. The zero-order valence-electron chi connectivity index (χ0n) is 42.1. The van der Waals surface area contributed by atoms with Crippen LogP contribution in [0.4, 0.5) is 0 Å². The molecule has 77 heavy (non-hydrogen) atoms. The van der Waals surface area contributed by atoms with Gasteiger partial charge in [-0.2, -0.15) is 0 Å². The topological polar surface area (TPSA) is 170 Å². The van der Waals surface area contributed by atoms with E-state index in [1.54, 1.807) is 121 Å². The van der Waals surface area contributed by atoms with Crippen LogP contribution in [0.25, 0.3) is 0 Å². The third-order valence-corrected chi connectivity index (χ3v) is 12.8. The van der Waals surface area contributed by atoms with E-state index in [2.05, 4.69) is 0 Å². The molecule has 0 amide bonds. The number of hydrogen-bond donors (Lipinski definition) is 0. The molecule has 9 rings (SSSR count). The minimum absolute atomic E-state index is 0.0649. The summed E-state index contributed by atoms with van der Waals surface area (Å²) in [6.07, 6.45) is -13.6. The van der Waals surface area contributed by atoms with Crippen molar-refractivity contribution < 1.29 is 71.3 Å². The minimum Gasteiger partial charge on any atom is -0.459 e. The summed E-state index contributed by atoms with van der Waals surface area (Å²) in [5, 5.41) is 0. The number of benzene rings is 7. The van der Waals surface area contributed by atoms with Gasteiger partial charge in [0.1, 0.15) is 37.1 Å². The maximum absolute atomic E-state index is 14.5. The van der Waals surface area contributed by atoms with Crippen molar-refractivity contribution in [2.75, 3.05) is 20.3 Å². The van der Waals surface area contributed by atoms with E-state index in [1.165, 1.54) is 7.11 Å². The van der Waals surface area contributed by atoms with E-state index in [9.17, 15) is 19.2 Å². The molecule has 0 aliphatic carbocycles. The normalized spacial score (nSPS) is 23.0. The second-order valence-electron chi connectivity index (χ2n) is 18.1. The van der Waals surface area contributed by atoms with Gasteiger partial charge in [-0.25, -0.2) is 19.2 Å². The predicted molar refractivity (Wildman–Crippen MR) is 279 cm³/mol. The van der Waals surface area contributed by atoms with Gasteiger partial charge in [-0.15, -0.1) is 0 Å². The zero-order valence-corrected chi connectivity index (χ0v) is 42.1. The Balaban J connectivity index is 1.16. The Kier molecular flexibility index (Phi) is 19.1. The standard InChI is InChI=1S/C62H58O15/c1-67-61-55(70-39-44-27-13-4-14-28-44)53(69-38-43-25-11-3-12-26-43)51(49(72-61)40-68-37-42-23-9-2-10-24-42)77-62-56(76-60(66)48-35-21-8-22-36-48)54(75-59(65)47-33-19-7-20-34-47)52(74-58(64)46-31-17-6-18-32-46)50(73-62)41-71-57(63)45-29-15-5-16-30-45/h2-36,49-56,61-62H,37-41H2,1H3/t49-,50-,51-,52-,53+,54+,55-,56+,61+,62-/m1/s1. The van der Waals surface area contributed by atoms with Crippen LogP contribution in [0.1, 0.15) is 58.1 Å². The number of hydrogen-bond acceptors (Lipinski definition) is 15. The fourth-order valence-electron chi connectivity index (χ4n) is 8.92. The van der Waals surface area contributed by atoms with Crippen molar-refractivity contribution in [3.8, 4) is 0 Å². The van der Waals surface area contributed by atoms with Gasteiger partial charge in [-0.1, -0.05) is 164 Å². The van der Waals surface area contributed by atoms with E-state index in [0.29, 0.717) is 0 Å². The average molecular weight is 1040 g/mol. The lowest BCUT2D eigenvalue weighted by Crippen LogP contribution is -2.67. The summed E-state index contributed by atoms with van der Waals surface area (Å²) >= 11 is 0. The molecule has 2 saturated heterocycles. The van der Waals surface area contributed by atoms with E-state index in [4.69, 9.17) is 52.1 Å². The van der Waals surface area contributed by atoms with Gasteiger partial charge in [0.2, 0.25) is 0 Å². The summed E-state index contributed by atoms with van der Waals surface area (Å²) in [5.74, 6) is -3.31. The Morgan fingerprint density at radius 3 is 1.18 bits per heavy atom. The Labute approximate surface area is 446 Å². The lowest BCUT2D eigenvalue weighted by atomic mass is 9.95. The molecule has 2 heterocycles. The summed E-state index contributed by atoms with van der Waals surface area (Å²) in [7, 11) is 1.49. The van der Waals surface area contributed by atoms with Crippen LogP contribution < -0.4 is 0 Å². The molecule has 0 N–H and O–H groups in total. The lowest BCUT2D eigenvalue weighted by Gasteiger charge is -2.49. The Bertz CT molecular complexity index is 2920. The molecule has 2 fully saturated rings. The maximum Gasteiger partial charge on any atom is 0.338 e. The van der Waals surface area contributed by atoms with E-state index >= 15 is 0 Å². The maximum atomic E-state index is 14.5. The van der Waals surface area contributed by atoms with Crippen molar-refractivity contribution >= 4 is 23.9 Å². The first-order valence-corrected chi connectivity index (χ1v) is 25.2. The molecule has 15 nitrogen and oxygen atoms in total. The molecule has 7 aromatic carbocycles. The smallest absolute Gasteiger partial charge is 0.338 e. The molecule has 0 bridgehead atoms. The number of rotatable bonds is 22. The van der Waals surface area contributed by atoms with Gasteiger partial charge in [0, 0.05) is 7.11 Å². The summed E-state index contributed by atoms with van der Waals surface area (Å²) in [6, 6.07) is 61.3. The Morgan fingerprint density at radius 2 is 0.727 bits per heavy atom.